The number of nitrogens with one attached hydrogen (secondary N) is 1. The molecule has 3 nitrogen and oxygen atoms in total. The predicted octanol–water partition coefficient (Wildman–Crippen LogP) is 3.68. The summed E-state index contributed by atoms with van der Waals surface area (Å²) in [5.41, 5.74) is 3.00. The van der Waals surface area contributed by atoms with Gasteiger partial charge in [0.15, 0.2) is 0 Å². The van der Waals surface area contributed by atoms with Crippen LogP contribution in [0.1, 0.15) is 64.1 Å². The second-order valence-electron chi connectivity index (χ2n) is 6.84. The summed E-state index contributed by atoms with van der Waals surface area (Å²) >= 11 is 0. The van der Waals surface area contributed by atoms with Crippen molar-refractivity contribution in [1.82, 2.24) is 9.88 Å². The highest BCUT2D eigenvalue weighted by molar-refractivity contribution is 5.30. The molecule has 0 amide bonds. The van der Waals surface area contributed by atoms with Gasteiger partial charge in [0, 0.05) is 25.0 Å². The Balaban J connectivity index is 1.95. The third-order valence-corrected chi connectivity index (χ3v) is 3.84. The van der Waals surface area contributed by atoms with Gasteiger partial charge in [0.2, 0.25) is 0 Å². The number of hydrogen-bond acceptors (Lipinski definition) is 2. The maximum absolute atomic E-state index is 5.82. The zero-order chi connectivity index (χ0) is 14.6. The lowest BCUT2D eigenvalue weighted by Crippen LogP contribution is -2.25. The Morgan fingerprint density at radius 2 is 2.15 bits per heavy atom. The van der Waals surface area contributed by atoms with Crippen LogP contribution >= 0.6 is 0 Å². The van der Waals surface area contributed by atoms with E-state index in [2.05, 4.69) is 50.0 Å². The molecule has 1 aromatic heterocycles. The lowest BCUT2D eigenvalue weighted by molar-refractivity contribution is -0.00680. The molecule has 0 saturated heterocycles. The Hall–Kier alpha value is -0.800. The summed E-state index contributed by atoms with van der Waals surface area (Å²) in [6.07, 6.45) is 9.65. The highest BCUT2D eigenvalue weighted by Crippen LogP contribution is 2.30. The van der Waals surface area contributed by atoms with Crippen LogP contribution in [0, 0.1) is 0 Å². The van der Waals surface area contributed by atoms with Gasteiger partial charge in [-0.1, -0.05) is 6.92 Å². The normalized spacial score (nSPS) is 19.1. The predicted molar refractivity (Wildman–Crippen MR) is 84.1 cm³/mol. The Labute approximate surface area is 123 Å². The first-order chi connectivity index (χ1) is 9.49. The first-order valence-corrected chi connectivity index (χ1v) is 8.05. The van der Waals surface area contributed by atoms with Crippen LogP contribution in [0.25, 0.3) is 0 Å². The summed E-state index contributed by atoms with van der Waals surface area (Å²) in [6.45, 7) is 11.4. The summed E-state index contributed by atoms with van der Waals surface area (Å²) < 4.78 is 8.13. The van der Waals surface area contributed by atoms with Crippen molar-refractivity contribution in [3.63, 3.8) is 0 Å². The number of nitrogens with zero attached hydrogens (tertiary/aromatic N) is 1. The fourth-order valence-corrected chi connectivity index (χ4v) is 2.87. The molecular formula is C17H30N2O. The average Bonchev–Trinajstić information content (AvgIpc) is 2.78. The van der Waals surface area contributed by atoms with Crippen molar-refractivity contribution in [2.24, 2.45) is 0 Å². The molecule has 1 heterocycles. The van der Waals surface area contributed by atoms with Crippen molar-refractivity contribution >= 4 is 0 Å². The van der Waals surface area contributed by atoms with Gasteiger partial charge in [0.05, 0.1) is 12.2 Å². The van der Waals surface area contributed by atoms with Crippen molar-refractivity contribution in [1.29, 1.82) is 0 Å². The Morgan fingerprint density at radius 3 is 2.85 bits per heavy atom. The topological polar surface area (TPSA) is 26.2 Å². The van der Waals surface area contributed by atoms with Crippen LogP contribution in [0.5, 0.6) is 0 Å². The minimum atomic E-state index is -0.0437. The van der Waals surface area contributed by atoms with E-state index in [1.54, 1.807) is 0 Å². The van der Waals surface area contributed by atoms with Crippen LogP contribution in [-0.4, -0.2) is 23.3 Å². The largest absolute Gasteiger partial charge is 0.374 e. The molecule has 0 radical (unpaired) electrons. The summed E-state index contributed by atoms with van der Waals surface area (Å²) in [4.78, 5) is 0. The maximum Gasteiger partial charge on any atom is 0.0652 e. The number of rotatable bonds is 6. The molecule has 0 aliphatic heterocycles. The van der Waals surface area contributed by atoms with Gasteiger partial charge >= 0.3 is 0 Å². The minimum Gasteiger partial charge on any atom is -0.374 e. The highest BCUT2D eigenvalue weighted by Gasteiger charge is 2.21. The van der Waals surface area contributed by atoms with Crippen molar-refractivity contribution in [3.8, 4) is 0 Å². The van der Waals surface area contributed by atoms with E-state index < -0.39 is 0 Å². The third-order valence-electron chi connectivity index (χ3n) is 3.84. The SMILES string of the molecule is CCCNC1CCCc2cn(CCOC(C)(C)C)cc21. The molecule has 1 aliphatic carbocycles. The first-order valence-electron chi connectivity index (χ1n) is 8.05. The zero-order valence-electron chi connectivity index (χ0n) is 13.5. The molecule has 1 atom stereocenters. The van der Waals surface area contributed by atoms with E-state index in [9.17, 15) is 0 Å². The fourth-order valence-electron chi connectivity index (χ4n) is 2.87. The summed E-state index contributed by atoms with van der Waals surface area (Å²) in [5, 5.41) is 3.68. The second-order valence-corrected chi connectivity index (χ2v) is 6.84. The van der Waals surface area contributed by atoms with Gasteiger partial charge in [0.1, 0.15) is 0 Å². The van der Waals surface area contributed by atoms with Crippen LogP contribution in [0.2, 0.25) is 0 Å². The number of ether oxygens (including phenoxy) is 1. The Kier molecular flexibility index (Phi) is 5.28. The maximum atomic E-state index is 5.82. The Bertz CT molecular complexity index is 417. The molecule has 3 heteroatoms. The highest BCUT2D eigenvalue weighted by atomic mass is 16.5. The van der Waals surface area contributed by atoms with Gasteiger partial charge in [-0.2, -0.15) is 0 Å². The lowest BCUT2D eigenvalue weighted by atomic mass is 9.91. The van der Waals surface area contributed by atoms with E-state index in [4.69, 9.17) is 4.74 Å². The van der Waals surface area contributed by atoms with Gasteiger partial charge in [-0.05, 0) is 64.1 Å². The van der Waals surface area contributed by atoms with E-state index in [0.29, 0.717) is 6.04 Å². The third kappa shape index (κ3) is 4.35. The van der Waals surface area contributed by atoms with Gasteiger partial charge in [-0.15, -0.1) is 0 Å². The smallest absolute Gasteiger partial charge is 0.0652 e. The molecule has 0 saturated carbocycles. The summed E-state index contributed by atoms with van der Waals surface area (Å²) in [6, 6.07) is 0.559. The molecular weight excluding hydrogens is 248 g/mol. The summed E-state index contributed by atoms with van der Waals surface area (Å²) in [5.74, 6) is 0. The van der Waals surface area contributed by atoms with E-state index in [-0.39, 0.29) is 5.60 Å². The van der Waals surface area contributed by atoms with Gasteiger partial charge in [-0.3, -0.25) is 0 Å². The van der Waals surface area contributed by atoms with Crippen LogP contribution in [-0.2, 0) is 17.7 Å². The fraction of sp³-hybridized carbons (Fsp3) is 0.765. The number of aromatic nitrogens is 1. The van der Waals surface area contributed by atoms with E-state index in [0.717, 1.165) is 19.7 Å². The van der Waals surface area contributed by atoms with Gasteiger partial charge < -0.3 is 14.6 Å². The monoisotopic (exact) mass is 278 g/mol. The summed E-state index contributed by atoms with van der Waals surface area (Å²) in [7, 11) is 0. The van der Waals surface area contributed by atoms with E-state index in [1.165, 1.54) is 36.8 Å². The van der Waals surface area contributed by atoms with Crippen molar-refractivity contribution in [3.05, 3.63) is 23.5 Å². The van der Waals surface area contributed by atoms with Crippen LogP contribution in [0.4, 0.5) is 0 Å². The van der Waals surface area contributed by atoms with Crippen molar-refractivity contribution in [2.45, 2.75) is 71.6 Å². The second kappa shape index (κ2) is 6.77. The van der Waals surface area contributed by atoms with Crippen LogP contribution < -0.4 is 5.32 Å². The van der Waals surface area contributed by atoms with E-state index in [1.807, 2.05) is 0 Å². The Morgan fingerprint density at radius 1 is 1.35 bits per heavy atom. The van der Waals surface area contributed by atoms with Gasteiger partial charge in [-0.25, -0.2) is 0 Å². The number of hydrogen-bond donors (Lipinski definition) is 1. The molecule has 1 aromatic rings. The number of aryl methyl sites for hydroxylation is 1. The first kappa shape index (κ1) is 15.6. The quantitative estimate of drug-likeness (QED) is 0.859. The standard InChI is InChI=1S/C17H30N2O/c1-5-9-18-16-8-6-7-14-12-19(13-15(14)16)10-11-20-17(2,3)4/h12-13,16,18H,5-11H2,1-4H3. The molecule has 0 fully saturated rings. The molecule has 2 rings (SSSR count). The van der Waals surface area contributed by atoms with Gasteiger partial charge in [0.25, 0.3) is 0 Å². The molecule has 0 bridgehead atoms. The molecule has 20 heavy (non-hydrogen) atoms. The molecule has 1 N–H and O–H groups in total. The van der Waals surface area contributed by atoms with E-state index >= 15 is 0 Å². The molecule has 0 aromatic carbocycles. The van der Waals surface area contributed by atoms with Crippen molar-refractivity contribution in [2.75, 3.05) is 13.2 Å². The van der Waals surface area contributed by atoms with Crippen LogP contribution in [0.3, 0.4) is 0 Å². The molecule has 114 valence electrons. The lowest BCUT2D eigenvalue weighted by Gasteiger charge is -2.23. The zero-order valence-corrected chi connectivity index (χ0v) is 13.5. The van der Waals surface area contributed by atoms with Crippen molar-refractivity contribution < 1.29 is 4.74 Å². The molecule has 0 spiro atoms. The van der Waals surface area contributed by atoms with Crippen LogP contribution in [0.15, 0.2) is 12.4 Å². The molecule has 1 aliphatic rings. The molecule has 1 unspecified atom stereocenters. The average molecular weight is 278 g/mol. The minimum absolute atomic E-state index is 0.0437. The number of fused-ring (bicyclic) bond motifs is 1.